The number of carbonyl (C=O) groups excluding carboxylic acids is 2. The Labute approximate surface area is 155 Å². The third kappa shape index (κ3) is 6.30. The molecule has 0 bridgehead atoms. The molecule has 6 nitrogen and oxygen atoms in total. The van der Waals surface area contributed by atoms with Crippen molar-refractivity contribution in [3.8, 4) is 0 Å². The van der Waals surface area contributed by atoms with E-state index in [4.69, 9.17) is 17.0 Å². The number of esters is 1. The molecule has 0 saturated carbocycles. The normalized spacial score (nSPS) is 17.2. The van der Waals surface area contributed by atoms with Crippen LogP contribution < -0.4 is 5.32 Å². The average molecular weight is 368 g/mol. The molecule has 0 spiro atoms. The quantitative estimate of drug-likeness (QED) is 0.424. The standard InChI is InChI=1S/C18H29N3O3S/c1-2-24-17(23)10-9-16(22)20-13-6-14-21(20)18(25)19-12-11-15-7-4-3-5-8-15/h7H,2-6,8-14H2,1H3,(H,19,25). The summed E-state index contributed by atoms with van der Waals surface area (Å²) in [7, 11) is 0. The van der Waals surface area contributed by atoms with E-state index in [2.05, 4.69) is 11.4 Å². The molecule has 1 amide bonds. The van der Waals surface area contributed by atoms with Crippen molar-refractivity contribution in [2.24, 2.45) is 0 Å². The molecule has 0 aromatic carbocycles. The molecule has 2 rings (SSSR count). The van der Waals surface area contributed by atoms with Gasteiger partial charge in [-0.3, -0.25) is 19.6 Å². The fourth-order valence-corrected chi connectivity index (χ4v) is 3.50. The number of amides is 1. The third-order valence-corrected chi connectivity index (χ3v) is 4.86. The van der Waals surface area contributed by atoms with Gasteiger partial charge in [0.2, 0.25) is 5.91 Å². The summed E-state index contributed by atoms with van der Waals surface area (Å²) in [6.07, 6.45) is 9.47. The lowest BCUT2D eigenvalue weighted by Crippen LogP contribution is -2.49. The summed E-state index contributed by atoms with van der Waals surface area (Å²) in [6, 6.07) is 0. The van der Waals surface area contributed by atoms with Crippen molar-refractivity contribution in [2.75, 3.05) is 26.2 Å². The molecule has 1 heterocycles. The summed E-state index contributed by atoms with van der Waals surface area (Å²) in [5, 5.41) is 7.36. The lowest BCUT2D eigenvalue weighted by atomic mass is 9.97. The van der Waals surface area contributed by atoms with E-state index in [-0.39, 0.29) is 24.7 Å². The molecule has 7 heteroatoms. The lowest BCUT2D eigenvalue weighted by molar-refractivity contribution is -0.147. The maximum absolute atomic E-state index is 12.4. The molecule has 1 aliphatic heterocycles. The molecule has 0 radical (unpaired) electrons. The smallest absolute Gasteiger partial charge is 0.306 e. The zero-order valence-electron chi connectivity index (χ0n) is 15.1. The first-order valence-corrected chi connectivity index (χ1v) is 9.71. The zero-order valence-corrected chi connectivity index (χ0v) is 15.9. The molecule has 2 aliphatic rings. The van der Waals surface area contributed by atoms with Gasteiger partial charge in [0.1, 0.15) is 0 Å². The van der Waals surface area contributed by atoms with Crippen LogP contribution in [0.5, 0.6) is 0 Å². The predicted molar refractivity (Wildman–Crippen MR) is 101 cm³/mol. The van der Waals surface area contributed by atoms with Crippen LogP contribution in [0.1, 0.15) is 58.3 Å². The minimum atomic E-state index is -0.331. The maximum atomic E-state index is 12.4. The number of nitrogens with zero attached hydrogens (tertiary/aromatic N) is 2. The van der Waals surface area contributed by atoms with Gasteiger partial charge in [0.15, 0.2) is 5.11 Å². The van der Waals surface area contributed by atoms with Crippen LogP contribution in [0.4, 0.5) is 0 Å². The van der Waals surface area contributed by atoms with Crippen molar-refractivity contribution in [1.29, 1.82) is 0 Å². The minimum Gasteiger partial charge on any atom is -0.466 e. The molecule has 0 unspecified atom stereocenters. The van der Waals surface area contributed by atoms with Crippen LogP contribution in [-0.2, 0) is 14.3 Å². The Morgan fingerprint density at radius 1 is 1.20 bits per heavy atom. The highest BCUT2D eigenvalue weighted by atomic mass is 32.1. The maximum Gasteiger partial charge on any atom is 0.306 e. The molecule has 0 aromatic rings. The second kappa shape index (κ2) is 10.4. The number of nitrogens with one attached hydrogen (secondary N) is 1. The zero-order chi connectivity index (χ0) is 18.1. The van der Waals surface area contributed by atoms with Crippen molar-refractivity contribution in [3.05, 3.63) is 11.6 Å². The number of allylic oxidation sites excluding steroid dienone is 1. The lowest BCUT2D eigenvalue weighted by Gasteiger charge is -2.30. The van der Waals surface area contributed by atoms with E-state index >= 15 is 0 Å². The van der Waals surface area contributed by atoms with Crippen LogP contribution in [-0.4, -0.2) is 53.2 Å². The highest BCUT2D eigenvalue weighted by Crippen LogP contribution is 2.19. The second-order valence-electron chi connectivity index (χ2n) is 6.39. The third-order valence-electron chi connectivity index (χ3n) is 4.51. The molecule has 140 valence electrons. The second-order valence-corrected chi connectivity index (χ2v) is 6.78. The number of ether oxygens (including phenoxy) is 1. The Hall–Kier alpha value is -1.63. The number of hydrogen-bond acceptors (Lipinski definition) is 4. The topological polar surface area (TPSA) is 61.9 Å². The molecule has 1 aliphatic carbocycles. The van der Waals surface area contributed by atoms with E-state index in [0.717, 1.165) is 25.9 Å². The summed E-state index contributed by atoms with van der Waals surface area (Å²) in [5.41, 5.74) is 1.50. The molecule has 1 saturated heterocycles. The highest BCUT2D eigenvalue weighted by Gasteiger charge is 2.28. The number of hydrogen-bond donors (Lipinski definition) is 1. The van der Waals surface area contributed by atoms with Crippen LogP contribution in [0.25, 0.3) is 0 Å². The molecular weight excluding hydrogens is 338 g/mol. The Balaban J connectivity index is 1.75. The van der Waals surface area contributed by atoms with Crippen LogP contribution in [0.15, 0.2) is 11.6 Å². The van der Waals surface area contributed by atoms with E-state index in [1.165, 1.54) is 31.3 Å². The van der Waals surface area contributed by atoms with Gasteiger partial charge in [-0.1, -0.05) is 11.6 Å². The Morgan fingerprint density at radius 3 is 2.72 bits per heavy atom. The first-order chi connectivity index (χ1) is 12.1. The molecular formula is C18H29N3O3S. The largest absolute Gasteiger partial charge is 0.466 e. The molecule has 0 atom stereocenters. The van der Waals surface area contributed by atoms with Gasteiger partial charge in [0.25, 0.3) is 0 Å². The van der Waals surface area contributed by atoms with Gasteiger partial charge in [-0.2, -0.15) is 0 Å². The first kappa shape index (κ1) is 19.7. The fraction of sp³-hybridized carbons (Fsp3) is 0.722. The monoisotopic (exact) mass is 367 g/mol. The van der Waals surface area contributed by atoms with Crippen LogP contribution >= 0.6 is 12.2 Å². The Morgan fingerprint density at radius 2 is 2.00 bits per heavy atom. The molecule has 1 fully saturated rings. The van der Waals surface area contributed by atoms with Gasteiger partial charge < -0.3 is 10.1 Å². The van der Waals surface area contributed by atoms with Gasteiger partial charge in [-0.05, 0) is 57.7 Å². The van der Waals surface area contributed by atoms with Gasteiger partial charge >= 0.3 is 5.97 Å². The van der Waals surface area contributed by atoms with Crippen molar-refractivity contribution in [3.63, 3.8) is 0 Å². The predicted octanol–water partition coefficient (Wildman–Crippen LogP) is 2.54. The van der Waals surface area contributed by atoms with Gasteiger partial charge in [0, 0.05) is 26.1 Å². The number of hydrazine groups is 1. The summed E-state index contributed by atoms with van der Waals surface area (Å²) < 4.78 is 4.87. The van der Waals surface area contributed by atoms with Crippen molar-refractivity contribution in [1.82, 2.24) is 15.3 Å². The average Bonchev–Trinajstić information content (AvgIpc) is 3.11. The molecule has 25 heavy (non-hydrogen) atoms. The SMILES string of the molecule is CCOC(=O)CCC(=O)N1CCCN1C(=S)NCCC1=CCCCC1. The Bertz CT molecular complexity index is 522. The first-order valence-electron chi connectivity index (χ1n) is 9.31. The highest BCUT2D eigenvalue weighted by molar-refractivity contribution is 7.80. The molecule has 1 N–H and O–H groups in total. The van der Waals surface area contributed by atoms with E-state index < -0.39 is 0 Å². The van der Waals surface area contributed by atoms with Gasteiger partial charge in [0.05, 0.1) is 13.0 Å². The summed E-state index contributed by atoms with van der Waals surface area (Å²) in [4.78, 5) is 23.8. The van der Waals surface area contributed by atoms with Crippen molar-refractivity contribution >= 4 is 29.2 Å². The van der Waals surface area contributed by atoms with Gasteiger partial charge in [-0.15, -0.1) is 0 Å². The molecule has 0 aromatic heterocycles. The van der Waals surface area contributed by atoms with E-state index in [1.54, 1.807) is 11.9 Å². The number of carbonyl (C=O) groups is 2. The summed E-state index contributed by atoms with van der Waals surface area (Å²) in [6.45, 7) is 4.28. The fourth-order valence-electron chi connectivity index (χ4n) is 3.21. The van der Waals surface area contributed by atoms with E-state index in [0.29, 0.717) is 18.3 Å². The summed E-state index contributed by atoms with van der Waals surface area (Å²) in [5.74, 6) is -0.409. The van der Waals surface area contributed by atoms with Crippen LogP contribution in [0.2, 0.25) is 0 Å². The van der Waals surface area contributed by atoms with Crippen molar-refractivity contribution < 1.29 is 14.3 Å². The number of thiocarbonyl (C=S) groups is 1. The minimum absolute atomic E-state index is 0.0790. The summed E-state index contributed by atoms with van der Waals surface area (Å²) >= 11 is 5.46. The van der Waals surface area contributed by atoms with Crippen LogP contribution in [0, 0.1) is 0 Å². The van der Waals surface area contributed by atoms with E-state index in [1.807, 2.05) is 5.01 Å². The van der Waals surface area contributed by atoms with E-state index in [9.17, 15) is 9.59 Å². The number of rotatable bonds is 7. The van der Waals surface area contributed by atoms with Crippen LogP contribution in [0.3, 0.4) is 0 Å². The van der Waals surface area contributed by atoms with Crippen molar-refractivity contribution in [2.45, 2.75) is 58.3 Å². The Kier molecular flexibility index (Phi) is 8.18. The van der Waals surface area contributed by atoms with Gasteiger partial charge in [-0.25, -0.2) is 0 Å².